The molecule has 5 nitrogen and oxygen atoms in total. The Morgan fingerprint density at radius 2 is 1.91 bits per heavy atom. The van der Waals surface area contributed by atoms with Crippen molar-refractivity contribution in [3.8, 4) is 0 Å². The second-order valence-corrected chi connectivity index (χ2v) is 7.23. The smallest absolute Gasteiger partial charge is 0.244 e. The summed E-state index contributed by atoms with van der Waals surface area (Å²) in [7, 11) is -1.84. The summed E-state index contributed by atoms with van der Waals surface area (Å²) in [6, 6.07) is 7.78. The van der Waals surface area contributed by atoms with Gasteiger partial charge in [-0.15, -0.1) is 0 Å². The molecular weight excluding hydrogens is 298 g/mol. The molecule has 1 aromatic carbocycles. The molecule has 0 bridgehead atoms. The number of benzene rings is 1. The van der Waals surface area contributed by atoms with Crippen molar-refractivity contribution < 1.29 is 8.42 Å². The number of hydrogen-bond acceptors (Lipinski definition) is 3. The lowest BCUT2D eigenvalue weighted by Gasteiger charge is -2.15. The van der Waals surface area contributed by atoms with Gasteiger partial charge in [-0.2, -0.15) is 5.10 Å². The Hall–Kier alpha value is -1.66. The average molecular weight is 321 g/mol. The first-order chi connectivity index (χ1) is 10.3. The highest BCUT2D eigenvalue weighted by Crippen LogP contribution is 2.19. The zero-order valence-electron chi connectivity index (χ0n) is 13.5. The predicted molar refractivity (Wildman–Crippen MR) is 87.1 cm³/mol. The summed E-state index contributed by atoms with van der Waals surface area (Å²) in [5.41, 5.74) is 2.84. The van der Waals surface area contributed by atoms with Crippen LogP contribution in [0.15, 0.2) is 35.4 Å². The molecule has 22 heavy (non-hydrogen) atoms. The van der Waals surface area contributed by atoms with Gasteiger partial charge in [-0.3, -0.25) is 4.68 Å². The molecule has 0 saturated heterocycles. The van der Waals surface area contributed by atoms with Gasteiger partial charge < -0.3 is 0 Å². The minimum atomic E-state index is -3.57. The van der Waals surface area contributed by atoms with Crippen LogP contribution in [0.25, 0.3) is 0 Å². The Bertz CT molecular complexity index is 733. The number of sulfonamides is 1. The molecule has 0 fully saturated rings. The monoisotopic (exact) mass is 321 g/mol. The normalized spacial score (nSPS) is 13.3. The highest BCUT2D eigenvalue weighted by atomic mass is 32.2. The topological polar surface area (TPSA) is 64.0 Å². The molecule has 2 rings (SSSR count). The third kappa shape index (κ3) is 3.56. The van der Waals surface area contributed by atoms with Crippen LogP contribution in [-0.2, 0) is 23.5 Å². The predicted octanol–water partition coefficient (Wildman–Crippen LogP) is 2.72. The SMILES string of the molecule is CCCc1ccc(C(C)NS(=O)(=O)c2cnn(C)c2C)cc1. The molecule has 1 unspecified atom stereocenters. The number of nitrogens with one attached hydrogen (secondary N) is 1. The summed E-state index contributed by atoms with van der Waals surface area (Å²) in [6.07, 6.45) is 3.52. The van der Waals surface area contributed by atoms with Gasteiger partial charge in [-0.1, -0.05) is 37.6 Å². The highest BCUT2D eigenvalue weighted by Gasteiger charge is 2.22. The van der Waals surface area contributed by atoms with E-state index in [9.17, 15) is 8.42 Å². The summed E-state index contributed by atoms with van der Waals surface area (Å²) in [4.78, 5) is 0.226. The van der Waals surface area contributed by atoms with Gasteiger partial charge in [0.25, 0.3) is 0 Å². The van der Waals surface area contributed by atoms with Gasteiger partial charge in [0.15, 0.2) is 0 Å². The van der Waals surface area contributed by atoms with E-state index in [4.69, 9.17) is 0 Å². The van der Waals surface area contributed by atoms with E-state index in [-0.39, 0.29) is 10.9 Å². The molecule has 0 aliphatic heterocycles. The fourth-order valence-electron chi connectivity index (χ4n) is 2.37. The standard InChI is InChI=1S/C16H23N3O2S/c1-5-6-14-7-9-15(10-8-14)12(2)18-22(20,21)16-11-17-19(4)13(16)3/h7-12,18H,5-6H2,1-4H3. The molecule has 0 spiro atoms. The number of hydrogen-bond donors (Lipinski definition) is 1. The lowest BCUT2D eigenvalue weighted by atomic mass is 10.0. The maximum atomic E-state index is 12.5. The average Bonchev–Trinajstić information content (AvgIpc) is 2.80. The molecular formula is C16H23N3O2S. The first-order valence-electron chi connectivity index (χ1n) is 7.45. The summed E-state index contributed by atoms with van der Waals surface area (Å²) >= 11 is 0. The van der Waals surface area contributed by atoms with E-state index < -0.39 is 10.0 Å². The molecule has 0 radical (unpaired) electrons. The van der Waals surface area contributed by atoms with Crippen molar-refractivity contribution in [1.29, 1.82) is 0 Å². The first kappa shape index (κ1) is 16.7. The molecule has 1 N–H and O–H groups in total. The van der Waals surface area contributed by atoms with Gasteiger partial charge in [0.1, 0.15) is 4.90 Å². The van der Waals surface area contributed by atoms with Crippen LogP contribution in [0.4, 0.5) is 0 Å². The first-order valence-corrected chi connectivity index (χ1v) is 8.93. The molecule has 6 heteroatoms. The summed E-state index contributed by atoms with van der Waals surface area (Å²) in [6.45, 7) is 5.73. The van der Waals surface area contributed by atoms with E-state index in [1.165, 1.54) is 11.8 Å². The molecule has 1 aromatic heterocycles. The number of rotatable bonds is 6. The second-order valence-electron chi connectivity index (χ2n) is 5.55. The van der Waals surface area contributed by atoms with Crippen molar-refractivity contribution in [3.63, 3.8) is 0 Å². The fraction of sp³-hybridized carbons (Fsp3) is 0.438. The van der Waals surface area contributed by atoms with Crippen molar-refractivity contribution in [1.82, 2.24) is 14.5 Å². The largest absolute Gasteiger partial charge is 0.272 e. The summed E-state index contributed by atoms with van der Waals surface area (Å²) < 4.78 is 29.2. The van der Waals surface area contributed by atoms with Crippen LogP contribution < -0.4 is 4.72 Å². The van der Waals surface area contributed by atoms with Crippen molar-refractivity contribution in [2.24, 2.45) is 7.05 Å². The van der Waals surface area contributed by atoms with Crippen LogP contribution in [0.3, 0.4) is 0 Å². The maximum absolute atomic E-state index is 12.5. The Morgan fingerprint density at radius 3 is 2.41 bits per heavy atom. The second kappa shape index (κ2) is 6.62. The molecule has 0 aliphatic rings. The molecule has 2 aromatic rings. The van der Waals surface area contributed by atoms with Crippen molar-refractivity contribution >= 4 is 10.0 Å². The molecule has 120 valence electrons. The van der Waals surface area contributed by atoms with Crippen LogP contribution in [-0.4, -0.2) is 18.2 Å². The van der Waals surface area contributed by atoms with E-state index in [2.05, 4.69) is 28.9 Å². The van der Waals surface area contributed by atoms with Crippen LogP contribution in [0.1, 0.15) is 43.1 Å². The van der Waals surface area contributed by atoms with Crippen molar-refractivity contribution in [3.05, 3.63) is 47.3 Å². The lowest BCUT2D eigenvalue weighted by Crippen LogP contribution is -2.27. The van der Waals surface area contributed by atoms with Gasteiger partial charge in [0.2, 0.25) is 10.0 Å². The van der Waals surface area contributed by atoms with Crippen LogP contribution in [0.2, 0.25) is 0 Å². The zero-order chi connectivity index (χ0) is 16.3. The minimum Gasteiger partial charge on any atom is -0.272 e. The van der Waals surface area contributed by atoms with E-state index in [0.717, 1.165) is 18.4 Å². The van der Waals surface area contributed by atoms with E-state index >= 15 is 0 Å². The Labute approximate surface area is 132 Å². The van der Waals surface area contributed by atoms with Gasteiger partial charge in [-0.25, -0.2) is 13.1 Å². The molecule has 1 heterocycles. The van der Waals surface area contributed by atoms with Gasteiger partial charge in [-0.05, 0) is 31.4 Å². The Morgan fingerprint density at radius 1 is 1.27 bits per heavy atom. The fourth-order valence-corrected chi connectivity index (χ4v) is 3.80. The molecule has 1 atom stereocenters. The Balaban J connectivity index is 2.17. The van der Waals surface area contributed by atoms with Crippen LogP contribution in [0, 0.1) is 6.92 Å². The minimum absolute atomic E-state index is 0.226. The zero-order valence-corrected chi connectivity index (χ0v) is 14.3. The van der Waals surface area contributed by atoms with E-state index in [0.29, 0.717) is 5.69 Å². The van der Waals surface area contributed by atoms with Gasteiger partial charge in [0.05, 0.1) is 11.9 Å². The van der Waals surface area contributed by atoms with Crippen LogP contribution >= 0.6 is 0 Å². The third-order valence-electron chi connectivity index (χ3n) is 3.83. The highest BCUT2D eigenvalue weighted by molar-refractivity contribution is 7.89. The molecule has 0 aliphatic carbocycles. The van der Waals surface area contributed by atoms with E-state index in [1.807, 2.05) is 19.1 Å². The van der Waals surface area contributed by atoms with Crippen molar-refractivity contribution in [2.75, 3.05) is 0 Å². The number of aryl methyl sites for hydroxylation is 2. The maximum Gasteiger partial charge on any atom is 0.244 e. The van der Waals surface area contributed by atoms with Gasteiger partial charge >= 0.3 is 0 Å². The van der Waals surface area contributed by atoms with E-state index in [1.54, 1.807) is 18.7 Å². The number of aromatic nitrogens is 2. The third-order valence-corrected chi connectivity index (χ3v) is 5.47. The van der Waals surface area contributed by atoms with Gasteiger partial charge in [0, 0.05) is 13.1 Å². The summed E-state index contributed by atoms with van der Waals surface area (Å²) in [5.74, 6) is 0. The summed E-state index contributed by atoms with van der Waals surface area (Å²) in [5, 5.41) is 3.99. The van der Waals surface area contributed by atoms with Crippen LogP contribution in [0.5, 0.6) is 0 Å². The number of nitrogens with zero attached hydrogens (tertiary/aromatic N) is 2. The molecule has 0 saturated carbocycles. The Kier molecular flexibility index (Phi) is 5.03. The lowest BCUT2D eigenvalue weighted by molar-refractivity contribution is 0.566. The molecule has 0 amide bonds. The van der Waals surface area contributed by atoms with Crippen molar-refractivity contribution in [2.45, 2.75) is 44.6 Å². The quantitative estimate of drug-likeness (QED) is 0.890.